The van der Waals surface area contributed by atoms with E-state index in [9.17, 15) is 12.9 Å². The molecule has 0 saturated heterocycles. The van der Waals surface area contributed by atoms with Crippen LogP contribution in [0.3, 0.4) is 0 Å². The van der Waals surface area contributed by atoms with Crippen LogP contribution in [-0.2, 0) is 0 Å². The fourth-order valence-corrected chi connectivity index (χ4v) is 1.64. The molecule has 0 saturated carbocycles. The minimum atomic E-state index is -4.94. The van der Waals surface area contributed by atoms with Gasteiger partial charge >= 0.3 is 58.4 Å². The van der Waals surface area contributed by atoms with Crippen molar-refractivity contribution < 1.29 is 64.3 Å². The van der Waals surface area contributed by atoms with Crippen LogP contribution in [0, 0.1) is 0 Å². The second kappa shape index (κ2) is 5.95. The van der Waals surface area contributed by atoms with Crippen molar-refractivity contribution >= 4 is 34.9 Å². The third-order valence-corrected chi connectivity index (χ3v) is 2.16. The van der Waals surface area contributed by atoms with Gasteiger partial charge in [0.25, 0.3) is 0 Å². The molecule has 13 heavy (non-hydrogen) atoms. The zero-order chi connectivity index (χ0) is 9.19. The molecule has 0 spiro atoms. The van der Waals surface area contributed by atoms with Crippen LogP contribution in [0.4, 0.5) is 12.9 Å². The Morgan fingerprint density at radius 3 is 2.46 bits per heavy atom. The third kappa shape index (κ3) is 5.61. The van der Waals surface area contributed by atoms with Gasteiger partial charge in [0.15, 0.2) is 0 Å². The van der Waals surface area contributed by atoms with Gasteiger partial charge in [-0.3, -0.25) is 0 Å². The van der Waals surface area contributed by atoms with E-state index in [-0.39, 0.29) is 62.4 Å². The Morgan fingerprint density at radius 1 is 1.46 bits per heavy atom. The molecule has 7 heteroatoms. The molecule has 0 fully saturated rings. The van der Waals surface area contributed by atoms with Crippen LogP contribution in [-0.4, -0.2) is 6.98 Å². The SMILES string of the molecule is F[B-](F)(F)/C=C(\Cl)c1ccsc1.[K+]. The molecule has 66 valence electrons. The molecule has 0 atom stereocenters. The third-order valence-electron chi connectivity index (χ3n) is 1.13. The van der Waals surface area contributed by atoms with Gasteiger partial charge in [-0.2, -0.15) is 11.3 Å². The number of hydrogen-bond donors (Lipinski definition) is 0. The van der Waals surface area contributed by atoms with Crippen LogP contribution in [0.5, 0.6) is 0 Å². The van der Waals surface area contributed by atoms with Gasteiger partial charge in [0.1, 0.15) is 0 Å². The van der Waals surface area contributed by atoms with Gasteiger partial charge in [-0.15, -0.1) is 5.98 Å². The summed E-state index contributed by atoms with van der Waals surface area (Å²) >= 11 is 6.70. The second-order valence-corrected chi connectivity index (χ2v) is 3.34. The summed E-state index contributed by atoms with van der Waals surface area (Å²) in [7, 11) is 0. The van der Waals surface area contributed by atoms with E-state index >= 15 is 0 Å². The fraction of sp³-hybridized carbons (Fsp3) is 0. The predicted octanol–water partition coefficient (Wildman–Crippen LogP) is 0.718. The normalized spacial score (nSPS) is 12.5. The summed E-state index contributed by atoms with van der Waals surface area (Å²) in [4.78, 5) is 0. The van der Waals surface area contributed by atoms with Crippen LogP contribution in [0.15, 0.2) is 22.8 Å². The molecule has 1 aromatic rings. The predicted molar refractivity (Wildman–Crippen MR) is 47.2 cm³/mol. The molecule has 0 aliphatic rings. The Kier molecular flexibility index (Phi) is 6.51. The van der Waals surface area contributed by atoms with E-state index in [0.29, 0.717) is 5.56 Å². The quantitative estimate of drug-likeness (QED) is 0.679. The molecule has 1 aromatic heterocycles. The van der Waals surface area contributed by atoms with Gasteiger partial charge in [-0.05, 0) is 16.8 Å². The summed E-state index contributed by atoms with van der Waals surface area (Å²) in [6.07, 6.45) is 0. The van der Waals surface area contributed by atoms with E-state index < -0.39 is 6.98 Å². The van der Waals surface area contributed by atoms with Crippen LogP contribution in [0.1, 0.15) is 5.56 Å². The van der Waals surface area contributed by atoms with Crippen LogP contribution >= 0.6 is 22.9 Å². The van der Waals surface area contributed by atoms with Crippen molar-refractivity contribution in [1.29, 1.82) is 0 Å². The maximum atomic E-state index is 11.8. The van der Waals surface area contributed by atoms with E-state index in [2.05, 4.69) is 0 Å². The number of rotatable bonds is 2. The number of hydrogen-bond acceptors (Lipinski definition) is 1. The van der Waals surface area contributed by atoms with Crippen molar-refractivity contribution in [2.45, 2.75) is 0 Å². The minimum absolute atomic E-state index is 0. The molecule has 0 N–H and O–H groups in total. The topological polar surface area (TPSA) is 0 Å². The maximum absolute atomic E-state index is 11.8. The van der Waals surface area contributed by atoms with Gasteiger partial charge in [0.05, 0.1) is 0 Å². The summed E-state index contributed by atoms with van der Waals surface area (Å²) in [5.74, 6) is 0.142. The Morgan fingerprint density at radius 2 is 2.08 bits per heavy atom. The van der Waals surface area contributed by atoms with Crippen LogP contribution < -0.4 is 51.4 Å². The van der Waals surface area contributed by atoms with E-state index in [1.807, 2.05) is 0 Å². The summed E-state index contributed by atoms with van der Waals surface area (Å²) < 4.78 is 35.4. The van der Waals surface area contributed by atoms with Crippen molar-refractivity contribution in [1.82, 2.24) is 0 Å². The zero-order valence-corrected chi connectivity index (χ0v) is 11.5. The molecule has 1 rings (SSSR count). The molecule has 0 bridgehead atoms. The summed E-state index contributed by atoms with van der Waals surface area (Å²) in [5.41, 5.74) is 0.417. The number of thiophene rings is 1. The van der Waals surface area contributed by atoms with E-state index in [0.717, 1.165) is 0 Å². The Labute approximate surface area is 126 Å². The Hall–Kier alpha value is 1.22. The fourth-order valence-electron chi connectivity index (χ4n) is 0.663. The van der Waals surface area contributed by atoms with Gasteiger partial charge in [-0.1, -0.05) is 11.6 Å². The summed E-state index contributed by atoms with van der Waals surface area (Å²) in [5, 5.41) is 3.00. The molecule has 0 aliphatic heterocycles. The maximum Gasteiger partial charge on any atom is 1.00 e. The van der Waals surface area contributed by atoms with E-state index in [4.69, 9.17) is 11.6 Å². The standard InChI is InChI=1S/C6H4BClF3S.K/c8-6(3-7(9,10)11)5-1-2-12-4-5;/h1-4H;/q-1;+1/b6-3-;. The second-order valence-electron chi connectivity index (χ2n) is 2.15. The first-order valence-corrected chi connectivity index (χ1v) is 4.42. The van der Waals surface area contributed by atoms with Crippen molar-refractivity contribution in [2.75, 3.05) is 0 Å². The molecule has 0 aliphatic carbocycles. The van der Waals surface area contributed by atoms with Crippen LogP contribution in [0.25, 0.3) is 5.03 Å². The van der Waals surface area contributed by atoms with Gasteiger partial charge < -0.3 is 12.9 Å². The average Bonchev–Trinajstić information content (AvgIpc) is 2.32. The van der Waals surface area contributed by atoms with E-state index in [1.54, 1.807) is 16.8 Å². The Bertz CT molecular complexity index is 283. The molecule has 0 radical (unpaired) electrons. The first-order valence-electron chi connectivity index (χ1n) is 3.10. The summed E-state index contributed by atoms with van der Waals surface area (Å²) in [6.45, 7) is -4.94. The molecule has 0 aromatic carbocycles. The van der Waals surface area contributed by atoms with Crippen molar-refractivity contribution in [3.05, 3.63) is 28.4 Å². The molecule has 0 unspecified atom stereocenters. The first kappa shape index (κ1) is 14.2. The minimum Gasteiger partial charge on any atom is -0.445 e. The van der Waals surface area contributed by atoms with Crippen LogP contribution in [0.2, 0.25) is 0 Å². The monoisotopic (exact) mass is 250 g/mol. The molecular formula is C6H4BClF3KS. The van der Waals surface area contributed by atoms with Gasteiger partial charge in [0.2, 0.25) is 0 Å². The van der Waals surface area contributed by atoms with E-state index in [1.165, 1.54) is 11.3 Å². The first-order chi connectivity index (χ1) is 5.49. The number of halogens is 4. The van der Waals surface area contributed by atoms with Crippen molar-refractivity contribution in [3.8, 4) is 0 Å². The molecule has 0 nitrogen and oxygen atoms in total. The smallest absolute Gasteiger partial charge is 0.445 e. The molecule has 1 heterocycles. The van der Waals surface area contributed by atoms with Gasteiger partial charge in [0, 0.05) is 10.6 Å². The molecule has 0 amide bonds. The average molecular weight is 251 g/mol. The summed E-state index contributed by atoms with van der Waals surface area (Å²) in [6, 6.07) is 1.55. The van der Waals surface area contributed by atoms with Crippen molar-refractivity contribution in [2.24, 2.45) is 0 Å². The Balaban J connectivity index is 0.00000144. The zero-order valence-electron chi connectivity index (χ0n) is 6.81. The van der Waals surface area contributed by atoms with Gasteiger partial charge in [-0.25, -0.2) is 0 Å². The molecular weight excluding hydrogens is 246 g/mol. The largest absolute Gasteiger partial charge is 1.00 e. The van der Waals surface area contributed by atoms with Crippen molar-refractivity contribution in [3.63, 3.8) is 0 Å².